The minimum atomic E-state index is -0.156. The highest BCUT2D eigenvalue weighted by Gasteiger charge is 2.33. The third kappa shape index (κ3) is 1.94. The molecule has 0 aliphatic heterocycles. The summed E-state index contributed by atoms with van der Waals surface area (Å²) in [6.07, 6.45) is 4.37. The molecule has 0 heterocycles. The van der Waals surface area contributed by atoms with Gasteiger partial charge in [0.25, 0.3) is 0 Å². The molecule has 0 saturated carbocycles. The molecule has 0 radical (unpaired) electrons. The normalized spacial score (nSPS) is 24.5. The zero-order valence-corrected chi connectivity index (χ0v) is 10.3. The van der Waals surface area contributed by atoms with E-state index in [0.717, 1.165) is 31.4 Å². The van der Waals surface area contributed by atoms with Gasteiger partial charge in [-0.2, -0.15) is 0 Å². The van der Waals surface area contributed by atoms with Crippen molar-refractivity contribution < 1.29 is 0 Å². The highest BCUT2D eigenvalue weighted by Crippen LogP contribution is 2.39. The zero-order chi connectivity index (χ0) is 11.8. The SMILES string of the molecule is CC(C)CC1(N)CCCc2c(N)cccc21. The lowest BCUT2D eigenvalue weighted by atomic mass is 9.73. The van der Waals surface area contributed by atoms with Crippen LogP contribution in [0.15, 0.2) is 18.2 Å². The standard InChI is InChI=1S/C14H22N2/c1-10(2)9-14(16)8-4-5-11-12(14)6-3-7-13(11)15/h3,6-7,10H,4-5,8-9,15-16H2,1-2H3. The minimum Gasteiger partial charge on any atom is -0.398 e. The molecule has 4 N–H and O–H groups in total. The van der Waals surface area contributed by atoms with Crippen molar-refractivity contribution in [1.82, 2.24) is 0 Å². The summed E-state index contributed by atoms with van der Waals surface area (Å²) in [4.78, 5) is 0. The highest BCUT2D eigenvalue weighted by atomic mass is 14.8. The molecule has 2 heteroatoms. The van der Waals surface area contributed by atoms with Crippen molar-refractivity contribution in [3.8, 4) is 0 Å². The Kier molecular flexibility index (Phi) is 2.94. The lowest BCUT2D eigenvalue weighted by molar-refractivity contribution is 0.304. The van der Waals surface area contributed by atoms with Crippen LogP contribution in [-0.2, 0) is 12.0 Å². The third-order valence-corrected chi connectivity index (χ3v) is 3.57. The average molecular weight is 218 g/mol. The Labute approximate surface area is 98.0 Å². The van der Waals surface area contributed by atoms with E-state index in [9.17, 15) is 0 Å². The summed E-state index contributed by atoms with van der Waals surface area (Å²) in [5.74, 6) is 0.623. The van der Waals surface area contributed by atoms with Crippen LogP contribution in [0.1, 0.15) is 44.2 Å². The van der Waals surface area contributed by atoms with Gasteiger partial charge in [-0.05, 0) is 48.8 Å². The van der Waals surface area contributed by atoms with Crippen LogP contribution in [0.5, 0.6) is 0 Å². The molecule has 1 aromatic carbocycles. The molecule has 1 unspecified atom stereocenters. The van der Waals surface area contributed by atoms with E-state index >= 15 is 0 Å². The average Bonchev–Trinajstić information content (AvgIpc) is 2.18. The Morgan fingerprint density at radius 3 is 2.81 bits per heavy atom. The summed E-state index contributed by atoms with van der Waals surface area (Å²) in [5.41, 5.74) is 16.0. The largest absolute Gasteiger partial charge is 0.398 e. The van der Waals surface area contributed by atoms with Gasteiger partial charge in [0.15, 0.2) is 0 Å². The van der Waals surface area contributed by atoms with Gasteiger partial charge in [0, 0.05) is 11.2 Å². The molecule has 0 fully saturated rings. The first-order valence-corrected chi connectivity index (χ1v) is 6.19. The highest BCUT2D eigenvalue weighted by molar-refractivity contribution is 5.54. The first kappa shape index (κ1) is 11.5. The molecular formula is C14H22N2. The molecule has 0 bridgehead atoms. The van der Waals surface area contributed by atoms with Crippen LogP contribution in [0.4, 0.5) is 5.69 Å². The fraction of sp³-hybridized carbons (Fsp3) is 0.571. The Morgan fingerprint density at radius 1 is 1.38 bits per heavy atom. The molecule has 16 heavy (non-hydrogen) atoms. The smallest absolute Gasteiger partial charge is 0.0415 e. The summed E-state index contributed by atoms with van der Waals surface area (Å²) in [6, 6.07) is 6.18. The topological polar surface area (TPSA) is 52.0 Å². The summed E-state index contributed by atoms with van der Waals surface area (Å²) in [7, 11) is 0. The van der Waals surface area contributed by atoms with Gasteiger partial charge < -0.3 is 11.5 Å². The number of benzene rings is 1. The van der Waals surface area contributed by atoms with Crippen molar-refractivity contribution in [2.75, 3.05) is 5.73 Å². The van der Waals surface area contributed by atoms with Crippen LogP contribution in [0.2, 0.25) is 0 Å². The van der Waals surface area contributed by atoms with Crippen molar-refractivity contribution in [3.63, 3.8) is 0 Å². The van der Waals surface area contributed by atoms with Crippen molar-refractivity contribution in [2.24, 2.45) is 11.7 Å². The summed E-state index contributed by atoms with van der Waals surface area (Å²) < 4.78 is 0. The molecule has 0 saturated heterocycles. The van der Waals surface area contributed by atoms with Crippen LogP contribution in [-0.4, -0.2) is 0 Å². The molecule has 2 nitrogen and oxygen atoms in total. The first-order chi connectivity index (χ1) is 7.53. The predicted octanol–water partition coefficient (Wildman–Crippen LogP) is 2.81. The molecule has 2 rings (SSSR count). The Morgan fingerprint density at radius 2 is 2.12 bits per heavy atom. The van der Waals surface area contributed by atoms with Crippen LogP contribution in [0.25, 0.3) is 0 Å². The van der Waals surface area contributed by atoms with Crippen molar-refractivity contribution in [2.45, 2.75) is 45.1 Å². The predicted molar refractivity (Wildman–Crippen MR) is 69.1 cm³/mol. The molecule has 1 atom stereocenters. The molecule has 1 aliphatic carbocycles. The molecule has 0 amide bonds. The molecular weight excluding hydrogens is 196 g/mol. The summed E-state index contributed by atoms with van der Waals surface area (Å²) >= 11 is 0. The van der Waals surface area contributed by atoms with E-state index in [1.807, 2.05) is 12.1 Å². The van der Waals surface area contributed by atoms with Gasteiger partial charge in [-0.25, -0.2) is 0 Å². The van der Waals surface area contributed by atoms with Gasteiger partial charge in [0.2, 0.25) is 0 Å². The van der Waals surface area contributed by atoms with Crippen LogP contribution < -0.4 is 11.5 Å². The number of nitrogens with two attached hydrogens (primary N) is 2. The number of hydrogen-bond acceptors (Lipinski definition) is 2. The summed E-state index contributed by atoms with van der Waals surface area (Å²) in [5, 5.41) is 0. The van der Waals surface area contributed by atoms with E-state index in [4.69, 9.17) is 11.5 Å². The fourth-order valence-electron chi connectivity index (χ4n) is 3.01. The molecule has 88 valence electrons. The second-order valence-corrected chi connectivity index (χ2v) is 5.48. The van der Waals surface area contributed by atoms with Crippen LogP contribution in [0, 0.1) is 5.92 Å². The maximum absolute atomic E-state index is 6.58. The molecule has 0 aromatic heterocycles. The van der Waals surface area contributed by atoms with E-state index in [1.54, 1.807) is 0 Å². The Bertz CT molecular complexity index is 384. The molecule has 1 aliphatic rings. The van der Waals surface area contributed by atoms with Crippen LogP contribution >= 0.6 is 0 Å². The van der Waals surface area contributed by atoms with Gasteiger partial charge in [-0.15, -0.1) is 0 Å². The maximum atomic E-state index is 6.58. The lowest BCUT2D eigenvalue weighted by Crippen LogP contribution is -2.41. The Hall–Kier alpha value is -1.02. The van der Waals surface area contributed by atoms with Gasteiger partial charge in [-0.3, -0.25) is 0 Å². The fourth-order valence-corrected chi connectivity index (χ4v) is 3.01. The van der Waals surface area contributed by atoms with E-state index in [2.05, 4.69) is 19.9 Å². The van der Waals surface area contributed by atoms with Gasteiger partial charge in [-0.1, -0.05) is 26.0 Å². The second kappa shape index (κ2) is 4.10. The van der Waals surface area contributed by atoms with Gasteiger partial charge in [0.1, 0.15) is 0 Å². The zero-order valence-electron chi connectivity index (χ0n) is 10.3. The number of hydrogen-bond donors (Lipinski definition) is 2. The maximum Gasteiger partial charge on any atom is 0.0415 e. The number of rotatable bonds is 2. The van der Waals surface area contributed by atoms with E-state index in [1.165, 1.54) is 11.1 Å². The van der Waals surface area contributed by atoms with Crippen molar-refractivity contribution in [1.29, 1.82) is 0 Å². The van der Waals surface area contributed by atoms with Crippen molar-refractivity contribution in [3.05, 3.63) is 29.3 Å². The Balaban J connectivity index is 2.43. The van der Waals surface area contributed by atoms with Crippen LogP contribution in [0.3, 0.4) is 0 Å². The molecule has 1 aromatic rings. The van der Waals surface area contributed by atoms with Gasteiger partial charge in [0.05, 0.1) is 0 Å². The van der Waals surface area contributed by atoms with E-state index in [0.29, 0.717) is 5.92 Å². The number of nitrogen functional groups attached to an aromatic ring is 1. The second-order valence-electron chi connectivity index (χ2n) is 5.48. The molecule has 0 spiro atoms. The minimum absolute atomic E-state index is 0.156. The first-order valence-electron chi connectivity index (χ1n) is 6.19. The number of fused-ring (bicyclic) bond motifs is 1. The lowest BCUT2D eigenvalue weighted by Gasteiger charge is -2.37. The van der Waals surface area contributed by atoms with E-state index < -0.39 is 0 Å². The monoisotopic (exact) mass is 218 g/mol. The number of anilines is 1. The van der Waals surface area contributed by atoms with E-state index in [-0.39, 0.29) is 5.54 Å². The quantitative estimate of drug-likeness (QED) is 0.750. The third-order valence-electron chi connectivity index (χ3n) is 3.57. The van der Waals surface area contributed by atoms with Gasteiger partial charge >= 0.3 is 0 Å². The van der Waals surface area contributed by atoms with Crippen molar-refractivity contribution >= 4 is 5.69 Å². The summed E-state index contributed by atoms with van der Waals surface area (Å²) in [6.45, 7) is 4.46.